The van der Waals surface area contributed by atoms with Crippen LogP contribution in [-0.2, 0) is 17.4 Å². The first-order valence-corrected chi connectivity index (χ1v) is 13.7. The van der Waals surface area contributed by atoms with E-state index < -0.39 is 0 Å². The van der Waals surface area contributed by atoms with Crippen LogP contribution in [0.25, 0.3) is 10.9 Å². The molecule has 0 saturated carbocycles. The molecule has 0 spiro atoms. The van der Waals surface area contributed by atoms with Crippen molar-refractivity contribution in [3.8, 4) is 0 Å². The van der Waals surface area contributed by atoms with E-state index in [9.17, 15) is 0 Å². The Hall–Kier alpha value is -2.99. The van der Waals surface area contributed by atoms with Crippen LogP contribution < -0.4 is 5.32 Å². The lowest BCUT2D eigenvalue weighted by Gasteiger charge is -2.29. The largest absolute Gasteiger partial charge is 0.370 e. The molecule has 1 aromatic heterocycles. The highest BCUT2D eigenvalue weighted by Gasteiger charge is 2.19. The predicted molar refractivity (Wildman–Crippen MR) is 178 cm³/mol. The first-order chi connectivity index (χ1) is 18.0. The topological polar surface area (TPSA) is 20.2 Å². The summed E-state index contributed by atoms with van der Waals surface area (Å²) in [6.45, 7) is 14.4. The second-order valence-corrected chi connectivity index (χ2v) is 12.7. The van der Waals surface area contributed by atoms with E-state index in [0.29, 0.717) is 0 Å². The molecule has 4 aromatic rings. The molecule has 2 heterocycles. The smallest absolute Gasteiger partial charge is 0.0740 e. The molecule has 0 fully saturated rings. The third-order valence-electron chi connectivity index (χ3n) is 7.62. The summed E-state index contributed by atoms with van der Waals surface area (Å²) >= 11 is 0. The minimum Gasteiger partial charge on any atom is -0.370 e. The van der Waals surface area contributed by atoms with Gasteiger partial charge in [-0.15, -0.1) is 24.0 Å². The van der Waals surface area contributed by atoms with Gasteiger partial charge in [-0.3, -0.25) is 0 Å². The number of fused-ring (bicyclic) bond motifs is 1. The van der Waals surface area contributed by atoms with Crippen molar-refractivity contribution in [1.82, 2.24) is 9.47 Å². The van der Waals surface area contributed by atoms with E-state index in [1.807, 2.05) is 0 Å². The molecule has 4 heteroatoms. The minimum absolute atomic E-state index is 0. The van der Waals surface area contributed by atoms with Crippen LogP contribution in [-0.4, -0.2) is 16.5 Å². The number of allylic oxidation sites excluding steroid dienone is 1. The number of likely N-dealkylation sites (N-methyl/N-ethyl adjacent to an activating group) is 1. The zero-order valence-electron chi connectivity index (χ0n) is 24.3. The number of hydrogen-bond donors (Lipinski definition) is 1. The van der Waals surface area contributed by atoms with E-state index in [1.165, 1.54) is 33.2 Å². The van der Waals surface area contributed by atoms with Crippen LogP contribution in [0.4, 0.5) is 5.69 Å². The second-order valence-electron chi connectivity index (χ2n) is 12.7. The van der Waals surface area contributed by atoms with Gasteiger partial charge in [0.25, 0.3) is 0 Å². The number of aromatic nitrogens is 1. The van der Waals surface area contributed by atoms with Crippen molar-refractivity contribution in [2.45, 2.75) is 65.0 Å². The van der Waals surface area contributed by atoms with Crippen LogP contribution in [0, 0.1) is 0 Å². The van der Waals surface area contributed by atoms with E-state index in [2.05, 4.69) is 161 Å². The Balaban J connectivity index is 0.00000353. The Morgan fingerprint density at radius 3 is 2.00 bits per heavy atom. The van der Waals surface area contributed by atoms with Crippen LogP contribution in [0.1, 0.15) is 69.8 Å². The van der Waals surface area contributed by atoms with E-state index in [1.54, 1.807) is 0 Å². The van der Waals surface area contributed by atoms with Gasteiger partial charge in [0.15, 0.2) is 0 Å². The zero-order valence-corrected chi connectivity index (χ0v) is 26.7. The molecule has 1 atom stereocenters. The zero-order chi connectivity index (χ0) is 27.1. The van der Waals surface area contributed by atoms with Gasteiger partial charge >= 0.3 is 0 Å². The summed E-state index contributed by atoms with van der Waals surface area (Å²) in [6, 6.07) is 27.2. The number of hydrogen-bond acceptors (Lipinski definition) is 2. The van der Waals surface area contributed by atoms with Crippen molar-refractivity contribution in [2.75, 3.05) is 12.4 Å². The van der Waals surface area contributed by atoms with Gasteiger partial charge in [-0.1, -0.05) is 90.1 Å². The highest BCUT2D eigenvalue weighted by atomic mass is 127. The summed E-state index contributed by atoms with van der Waals surface area (Å²) in [4.78, 5) is 2.26. The standard InChI is InChI=1S/C35H41N3.HI/c1-34(2,3)28-12-8-25(9-13-28)24-38-21-18-27-22-30(16-17-32(27)38)36-31-19-20-37(7)33(23-31)26-10-14-29(15-11-26)35(4,5)6;/h8-23,33,36H,24H2,1-7H3;1H. The van der Waals surface area contributed by atoms with Crippen molar-refractivity contribution in [3.63, 3.8) is 0 Å². The maximum absolute atomic E-state index is 3.65. The molecule has 0 aliphatic carbocycles. The van der Waals surface area contributed by atoms with E-state index in [-0.39, 0.29) is 40.8 Å². The molecule has 0 saturated heterocycles. The molecule has 1 aliphatic heterocycles. The molecule has 5 rings (SSSR count). The quantitative estimate of drug-likeness (QED) is 0.222. The Bertz CT molecular complexity index is 1480. The monoisotopic (exact) mass is 631 g/mol. The third-order valence-corrected chi connectivity index (χ3v) is 7.62. The fourth-order valence-corrected chi connectivity index (χ4v) is 5.12. The summed E-state index contributed by atoms with van der Waals surface area (Å²) < 4.78 is 2.33. The van der Waals surface area contributed by atoms with Gasteiger partial charge in [-0.2, -0.15) is 0 Å². The van der Waals surface area contributed by atoms with Crippen molar-refractivity contribution in [1.29, 1.82) is 0 Å². The first kappa shape index (κ1) is 29.0. The normalized spacial score (nSPS) is 15.7. The first-order valence-electron chi connectivity index (χ1n) is 13.7. The number of nitrogens with one attached hydrogen (secondary N) is 1. The van der Waals surface area contributed by atoms with Gasteiger partial charge in [-0.05, 0) is 69.5 Å². The number of benzene rings is 3. The molecule has 204 valence electrons. The molecular weight excluding hydrogens is 589 g/mol. The molecule has 3 nitrogen and oxygen atoms in total. The van der Waals surface area contributed by atoms with Crippen LogP contribution in [0.2, 0.25) is 0 Å². The predicted octanol–water partition coefficient (Wildman–Crippen LogP) is 9.40. The number of rotatable bonds is 5. The molecule has 1 unspecified atom stereocenters. The lowest BCUT2D eigenvalue weighted by atomic mass is 9.86. The maximum Gasteiger partial charge on any atom is 0.0740 e. The van der Waals surface area contributed by atoms with Gasteiger partial charge in [0, 0.05) is 48.3 Å². The van der Waals surface area contributed by atoms with Crippen LogP contribution in [0.5, 0.6) is 0 Å². The van der Waals surface area contributed by atoms with Gasteiger partial charge in [0.2, 0.25) is 0 Å². The van der Waals surface area contributed by atoms with Crippen LogP contribution in [0.3, 0.4) is 0 Å². The molecule has 1 aliphatic rings. The number of halogens is 1. The Labute approximate surface area is 251 Å². The summed E-state index contributed by atoms with van der Waals surface area (Å²) in [5, 5.41) is 4.89. The Kier molecular flexibility index (Phi) is 8.36. The van der Waals surface area contributed by atoms with Crippen molar-refractivity contribution in [2.24, 2.45) is 0 Å². The Morgan fingerprint density at radius 1 is 0.769 bits per heavy atom. The minimum atomic E-state index is 0. The maximum atomic E-state index is 3.65. The van der Waals surface area contributed by atoms with Gasteiger partial charge in [-0.25, -0.2) is 0 Å². The van der Waals surface area contributed by atoms with Crippen molar-refractivity contribution < 1.29 is 0 Å². The highest BCUT2D eigenvalue weighted by Crippen LogP contribution is 2.31. The molecular formula is C35H42IN3. The van der Waals surface area contributed by atoms with Crippen molar-refractivity contribution >= 4 is 40.6 Å². The highest BCUT2D eigenvalue weighted by molar-refractivity contribution is 14.0. The van der Waals surface area contributed by atoms with Gasteiger partial charge < -0.3 is 14.8 Å². The molecule has 0 bridgehead atoms. The average Bonchev–Trinajstić information content (AvgIpc) is 3.26. The lowest BCUT2D eigenvalue weighted by Crippen LogP contribution is -2.22. The number of anilines is 1. The summed E-state index contributed by atoms with van der Waals surface area (Å²) in [7, 11) is 2.14. The van der Waals surface area contributed by atoms with Gasteiger partial charge in [0.05, 0.1) is 6.04 Å². The lowest BCUT2D eigenvalue weighted by molar-refractivity contribution is 0.387. The summed E-state index contributed by atoms with van der Waals surface area (Å²) in [5.41, 5.74) is 9.16. The molecule has 0 amide bonds. The number of nitrogens with zero attached hydrogens (tertiary/aromatic N) is 2. The molecule has 0 radical (unpaired) electrons. The summed E-state index contributed by atoms with van der Waals surface area (Å²) in [5.74, 6) is 0. The van der Waals surface area contributed by atoms with Crippen LogP contribution in [0.15, 0.2) is 103 Å². The molecule has 39 heavy (non-hydrogen) atoms. The third kappa shape index (κ3) is 6.60. The van der Waals surface area contributed by atoms with E-state index in [0.717, 1.165) is 17.9 Å². The second kappa shape index (κ2) is 11.2. The molecule has 1 N–H and O–H groups in total. The summed E-state index contributed by atoms with van der Waals surface area (Å²) in [6.07, 6.45) is 8.81. The van der Waals surface area contributed by atoms with E-state index >= 15 is 0 Å². The van der Waals surface area contributed by atoms with Crippen LogP contribution >= 0.6 is 24.0 Å². The average molecular weight is 632 g/mol. The van der Waals surface area contributed by atoms with E-state index in [4.69, 9.17) is 0 Å². The van der Waals surface area contributed by atoms with Crippen molar-refractivity contribution in [3.05, 3.63) is 125 Å². The fraction of sp³-hybridized carbons (Fsp3) is 0.314. The fourth-order valence-electron chi connectivity index (χ4n) is 5.12. The Morgan fingerprint density at radius 2 is 1.38 bits per heavy atom. The molecule has 3 aromatic carbocycles. The van der Waals surface area contributed by atoms with Gasteiger partial charge in [0.1, 0.15) is 0 Å². The SMILES string of the molecule is CN1C=CC(Nc2ccc3c(ccn3Cc3ccc(C(C)(C)C)cc3)c2)=CC1c1ccc(C(C)(C)C)cc1.I.